The summed E-state index contributed by atoms with van der Waals surface area (Å²) in [6.45, 7) is 6.33. The summed E-state index contributed by atoms with van der Waals surface area (Å²) in [4.78, 5) is 18.4. The van der Waals surface area contributed by atoms with E-state index < -0.39 is 24.7 Å². The number of nitrogens with one attached hydrogen (secondary N) is 2. The van der Waals surface area contributed by atoms with E-state index in [0.717, 1.165) is 5.69 Å². The molecule has 0 aliphatic carbocycles. The van der Waals surface area contributed by atoms with Crippen LogP contribution in [0, 0.1) is 20.8 Å². The van der Waals surface area contributed by atoms with Gasteiger partial charge in [0.05, 0.1) is 5.69 Å². The molecule has 156 valence electrons. The van der Waals surface area contributed by atoms with Gasteiger partial charge in [-0.1, -0.05) is 0 Å². The minimum Gasteiger partial charge on any atom is -0.350 e. The number of hydrogen-bond donors (Lipinski definition) is 2. The predicted octanol–water partition coefficient (Wildman–Crippen LogP) is 1.64. The first kappa shape index (κ1) is 22.4. The van der Waals surface area contributed by atoms with Crippen molar-refractivity contribution in [1.29, 1.82) is 0 Å². The highest BCUT2D eigenvalue weighted by Crippen LogP contribution is 2.25. The summed E-state index contributed by atoms with van der Waals surface area (Å²) in [6.07, 6.45) is -4.42. The van der Waals surface area contributed by atoms with Crippen LogP contribution < -0.4 is 10.6 Å². The standard InChI is InChI=1S/C17H23F3N6O.ClH/c1-10-8-11(2)26-15(23-10)14(12(3)24-26)16(27)22-9-13(17(18,19)20)25-6-4-21-5-7-25;/h8,13,21H,4-7,9H2,1-3H3,(H,22,27);1H. The Morgan fingerprint density at radius 1 is 1.29 bits per heavy atom. The first-order valence-corrected chi connectivity index (χ1v) is 8.81. The highest BCUT2D eigenvalue weighted by Gasteiger charge is 2.44. The molecule has 0 saturated carbocycles. The van der Waals surface area contributed by atoms with E-state index in [2.05, 4.69) is 20.7 Å². The maximum Gasteiger partial charge on any atom is 0.405 e. The lowest BCUT2D eigenvalue weighted by Gasteiger charge is -2.35. The van der Waals surface area contributed by atoms with Crippen LogP contribution in [0.4, 0.5) is 13.2 Å². The second-order valence-corrected chi connectivity index (χ2v) is 6.79. The average molecular weight is 421 g/mol. The number of halogens is 4. The number of fused-ring (bicyclic) bond motifs is 1. The van der Waals surface area contributed by atoms with Gasteiger partial charge in [-0.3, -0.25) is 9.69 Å². The lowest BCUT2D eigenvalue weighted by atomic mass is 10.2. The number of aryl methyl sites for hydroxylation is 3. The zero-order valence-electron chi connectivity index (χ0n) is 15.9. The molecule has 11 heteroatoms. The van der Waals surface area contributed by atoms with Gasteiger partial charge in [0, 0.05) is 44.1 Å². The van der Waals surface area contributed by atoms with Crippen molar-refractivity contribution in [2.24, 2.45) is 0 Å². The van der Waals surface area contributed by atoms with Gasteiger partial charge < -0.3 is 10.6 Å². The van der Waals surface area contributed by atoms with E-state index >= 15 is 0 Å². The molecule has 1 aliphatic rings. The van der Waals surface area contributed by atoms with Crippen LogP contribution in [0.3, 0.4) is 0 Å². The quantitative estimate of drug-likeness (QED) is 0.786. The Hall–Kier alpha value is -1.91. The summed E-state index contributed by atoms with van der Waals surface area (Å²) >= 11 is 0. The molecule has 1 fully saturated rings. The highest BCUT2D eigenvalue weighted by molar-refractivity contribution is 6.01. The Morgan fingerprint density at radius 3 is 2.54 bits per heavy atom. The number of aromatic nitrogens is 3. The Kier molecular flexibility index (Phi) is 6.89. The molecule has 2 aromatic rings. The number of carbonyl (C=O) groups is 1. The van der Waals surface area contributed by atoms with E-state index in [1.54, 1.807) is 13.8 Å². The van der Waals surface area contributed by atoms with Crippen molar-refractivity contribution in [3.8, 4) is 0 Å². The minimum absolute atomic E-state index is 0. The van der Waals surface area contributed by atoms with Crippen molar-refractivity contribution in [3.05, 3.63) is 28.7 Å². The van der Waals surface area contributed by atoms with Crippen LogP contribution in [-0.4, -0.2) is 70.3 Å². The van der Waals surface area contributed by atoms with Gasteiger partial charge in [0.2, 0.25) is 0 Å². The third kappa shape index (κ3) is 4.56. The van der Waals surface area contributed by atoms with Gasteiger partial charge in [0.15, 0.2) is 5.65 Å². The third-order valence-corrected chi connectivity index (χ3v) is 4.72. The number of carbonyl (C=O) groups excluding carboxylic acids is 1. The Bertz CT molecular complexity index is 848. The Morgan fingerprint density at radius 2 is 1.93 bits per heavy atom. The molecule has 2 N–H and O–H groups in total. The van der Waals surface area contributed by atoms with Gasteiger partial charge in [-0.2, -0.15) is 18.3 Å². The Labute approximate surface area is 167 Å². The zero-order chi connectivity index (χ0) is 19.8. The van der Waals surface area contributed by atoms with Crippen LogP contribution in [0.15, 0.2) is 6.07 Å². The minimum atomic E-state index is -4.42. The SMILES string of the molecule is Cc1cc(C)n2nc(C)c(C(=O)NCC(N3CCNCC3)C(F)(F)F)c2n1.Cl. The van der Waals surface area contributed by atoms with Gasteiger partial charge in [-0.05, 0) is 26.8 Å². The summed E-state index contributed by atoms with van der Waals surface area (Å²) in [5.74, 6) is -0.593. The van der Waals surface area contributed by atoms with Gasteiger partial charge in [-0.15, -0.1) is 12.4 Å². The van der Waals surface area contributed by atoms with Crippen LogP contribution >= 0.6 is 12.4 Å². The van der Waals surface area contributed by atoms with Gasteiger partial charge in [0.1, 0.15) is 11.6 Å². The molecule has 28 heavy (non-hydrogen) atoms. The molecule has 3 heterocycles. The molecular weight excluding hydrogens is 397 g/mol. The third-order valence-electron chi connectivity index (χ3n) is 4.72. The van der Waals surface area contributed by atoms with Gasteiger partial charge in [-0.25, -0.2) is 9.50 Å². The summed E-state index contributed by atoms with van der Waals surface area (Å²) in [7, 11) is 0. The van der Waals surface area contributed by atoms with Gasteiger partial charge in [0.25, 0.3) is 5.91 Å². The molecular formula is C17H24ClF3N6O. The fraction of sp³-hybridized carbons (Fsp3) is 0.588. The molecule has 1 saturated heterocycles. The van der Waals surface area contributed by atoms with E-state index in [1.165, 1.54) is 9.42 Å². The van der Waals surface area contributed by atoms with Crippen molar-refractivity contribution >= 4 is 24.0 Å². The zero-order valence-corrected chi connectivity index (χ0v) is 16.7. The summed E-state index contributed by atoms with van der Waals surface area (Å²) in [5.41, 5.74) is 2.51. The molecule has 1 amide bonds. The molecule has 0 radical (unpaired) electrons. The normalized spacial score (nSPS) is 16.6. The van der Waals surface area contributed by atoms with Crippen molar-refractivity contribution in [2.45, 2.75) is 33.0 Å². The largest absolute Gasteiger partial charge is 0.405 e. The number of rotatable bonds is 4. The summed E-state index contributed by atoms with van der Waals surface area (Å²) < 4.78 is 42.0. The van der Waals surface area contributed by atoms with E-state index in [9.17, 15) is 18.0 Å². The van der Waals surface area contributed by atoms with E-state index in [-0.39, 0.29) is 31.1 Å². The second kappa shape index (κ2) is 8.62. The maximum atomic E-state index is 13.5. The predicted molar refractivity (Wildman–Crippen MR) is 101 cm³/mol. The van der Waals surface area contributed by atoms with E-state index in [0.29, 0.717) is 30.1 Å². The van der Waals surface area contributed by atoms with E-state index in [4.69, 9.17) is 0 Å². The maximum absolute atomic E-state index is 13.5. The second-order valence-electron chi connectivity index (χ2n) is 6.79. The van der Waals surface area contributed by atoms with Crippen molar-refractivity contribution in [1.82, 2.24) is 30.1 Å². The molecule has 1 aliphatic heterocycles. The molecule has 0 aromatic carbocycles. The van der Waals surface area contributed by atoms with Crippen LogP contribution in [0.1, 0.15) is 27.4 Å². The van der Waals surface area contributed by atoms with E-state index in [1.807, 2.05) is 13.0 Å². The molecule has 1 atom stereocenters. The summed E-state index contributed by atoms with van der Waals surface area (Å²) in [5, 5.41) is 9.77. The molecule has 2 aromatic heterocycles. The lowest BCUT2D eigenvalue weighted by molar-refractivity contribution is -0.183. The number of alkyl halides is 3. The topological polar surface area (TPSA) is 74.6 Å². The molecule has 3 rings (SSSR count). The van der Waals surface area contributed by atoms with Crippen molar-refractivity contribution in [2.75, 3.05) is 32.7 Å². The fourth-order valence-corrected chi connectivity index (χ4v) is 3.42. The van der Waals surface area contributed by atoms with Crippen molar-refractivity contribution in [3.63, 3.8) is 0 Å². The molecule has 7 nitrogen and oxygen atoms in total. The number of nitrogens with zero attached hydrogens (tertiary/aromatic N) is 4. The van der Waals surface area contributed by atoms with Crippen LogP contribution in [0.2, 0.25) is 0 Å². The molecule has 0 spiro atoms. The lowest BCUT2D eigenvalue weighted by Crippen LogP contribution is -2.57. The van der Waals surface area contributed by atoms with Crippen molar-refractivity contribution < 1.29 is 18.0 Å². The first-order valence-electron chi connectivity index (χ1n) is 8.81. The smallest absolute Gasteiger partial charge is 0.350 e. The molecule has 1 unspecified atom stereocenters. The average Bonchev–Trinajstić information content (AvgIpc) is 2.91. The fourth-order valence-electron chi connectivity index (χ4n) is 3.42. The Balaban J connectivity index is 0.00000280. The number of amides is 1. The highest BCUT2D eigenvalue weighted by atomic mass is 35.5. The number of piperazine rings is 1. The van der Waals surface area contributed by atoms with Crippen LogP contribution in [-0.2, 0) is 0 Å². The summed E-state index contributed by atoms with van der Waals surface area (Å²) in [6, 6.07) is 0.104. The molecule has 0 bridgehead atoms. The van der Waals surface area contributed by atoms with Gasteiger partial charge >= 0.3 is 6.18 Å². The monoisotopic (exact) mass is 420 g/mol. The number of hydrogen-bond acceptors (Lipinski definition) is 5. The first-order chi connectivity index (χ1) is 12.7. The van der Waals surface area contributed by atoms with Crippen LogP contribution in [0.5, 0.6) is 0 Å². The van der Waals surface area contributed by atoms with Crippen LogP contribution in [0.25, 0.3) is 5.65 Å².